The van der Waals surface area contributed by atoms with Gasteiger partial charge in [-0.25, -0.2) is 0 Å². The highest BCUT2D eigenvalue weighted by molar-refractivity contribution is 5.63. The Labute approximate surface area is 86.9 Å². The normalized spacial score (nSPS) is 12.6. The van der Waals surface area contributed by atoms with E-state index in [1.165, 1.54) is 5.57 Å². The molecule has 1 aromatic rings. The van der Waals surface area contributed by atoms with Crippen LogP contribution in [0.3, 0.4) is 0 Å². The van der Waals surface area contributed by atoms with Crippen molar-refractivity contribution < 1.29 is 0 Å². The SMILES string of the molecule is CC(C)/C=C(/c1ccccn1)C(C)C. The Balaban J connectivity index is 3.01. The maximum absolute atomic E-state index is 4.39. The lowest BCUT2D eigenvalue weighted by atomic mass is 9.96. The van der Waals surface area contributed by atoms with Crippen LogP contribution in [0.2, 0.25) is 0 Å². The highest BCUT2D eigenvalue weighted by Gasteiger charge is 2.07. The molecule has 0 bridgehead atoms. The molecule has 0 radical (unpaired) electrons. The summed E-state index contributed by atoms with van der Waals surface area (Å²) in [5.74, 6) is 1.11. The van der Waals surface area contributed by atoms with Crippen molar-refractivity contribution in [3.8, 4) is 0 Å². The Morgan fingerprint density at radius 2 is 1.93 bits per heavy atom. The summed E-state index contributed by atoms with van der Waals surface area (Å²) in [7, 11) is 0. The maximum Gasteiger partial charge on any atom is 0.0661 e. The number of allylic oxidation sites excluding steroid dienone is 2. The van der Waals surface area contributed by atoms with E-state index < -0.39 is 0 Å². The van der Waals surface area contributed by atoms with Crippen molar-refractivity contribution in [2.45, 2.75) is 27.7 Å². The van der Waals surface area contributed by atoms with Crippen molar-refractivity contribution in [2.75, 3.05) is 0 Å². The predicted molar refractivity (Wildman–Crippen MR) is 61.9 cm³/mol. The first-order valence-electron chi connectivity index (χ1n) is 5.24. The summed E-state index contributed by atoms with van der Waals surface area (Å²) in [6.07, 6.45) is 4.15. The molecule has 76 valence electrons. The Morgan fingerprint density at radius 1 is 1.21 bits per heavy atom. The molecule has 1 nitrogen and oxygen atoms in total. The van der Waals surface area contributed by atoms with Gasteiger partial charge in [0, 0.05) is 6.20 Å². The number of hydrogen-bond acceptors (Lipinski definition) is 1. The molecule has 1 rings (SSSR count). The summed E-state index contributed by atoms with van der Waals surface area (Å²) in [5, 5.41) is 0. The molecule has 0 aliphatic heterocycles. The average Bonchev–Trinajstić information content (AvgIpc) is 2.15. The van der Waals surface area contributed by atoms with E-state index in [1.54, 1.807) is 0 Å². The fourth-order valence-corrected chi connectivity index (χ4v) is 1.47. The lowest BCUT2D eigenvalue weighted by molar-refractivity contribution is 0.793. The van der Waals surface area contributed by atoms with Gasteiger partial charge in [0.15, 0.2) is 0 Å². The van der Waals surface area contributed by atoms with Crippen LogP contribution in [-0.2, 0) is 0 Å². The number of aromatic nitrogens is 1. The molecule has 1 aromatic heterocycles. The van der Waals surface area contributed by atoms with E-state index in [4.69, 9.17) is 0 Å². The van der Waals surface area contributed by atoms with Crippen molar-refractivity contribution in [1.29, 1.82) is 0 Å². The van der Waals surface area contributed by atoms with E-state index in [0.717, 1.165) is 5.69 Å². The third-order valence-corrected chi connectivity index (χ3v) is 2.10. The molecule has 1 heterocycles. The van der Waals surface area contributed by atoms with Gasteiger partial charge in [-0.3, -0.25) is 4.98 Å². The van der Waals surface area contributed by atoms with Gasteiger partial charge in [0.2, 0.25) is 0 Å². The topological polar surface area (TPSA) is 12.9 Å². The van der Waals surface area contributed by atoms with Gasteiger partial charge in [0.05, 0.1) is 5.69 Å². The van der Waals surface area contributed by atoms with E-state index in [0.29, 0.717) is 11.8 Å². The Kier molecular flexibility index (Phi) is 3.87. The molecule has 1 heteroatoms. The molecule has 0 atom stereocenters. The quantitative estimate of drug-likeness (QED) is 0.705. The second kappa shape index (κ2) is 4.94. The van der Waals surface area contributed by atoms with Crippen molar-refractivity contribution >= 4 is 5.57 Å². The lowest BCUT2D eigenvalue weighted by Crippen LogP contribution is -1.98. The third-order valence-electron chi connectivity index (χ3n) is 2.10. The van der Waals surface area contributed by atoms with E-state index in [-0.39, 0.29) is 0 Å². The smallest absolute Gasteiger partial charge is 0.0661 e. The van der Waals surface area contributed by atoms with Gasteiger partial charge in [0.25, 0.3) is 0 Å². The minimum atomic E-state index is 0.535. The van der Waals surface area contributed by atoms with Gasteiger partial charge in [-0.2, -0.15) is 0 Å². The third kappa shape index (κ3) is 2.99. The second-order valence-corrected chi connectivity index (χ2v) is 4.24. The molecule has 0 unspecified atom stereocenters. The fourth-order valence-electron chi connectivity index (χ4n) is 1.47. The van der Waals surface area contributed by atoms with Crippen molar-refractivity contribution in [3.05, 3.63) is 36.2 Å². The average molecular weight is 189 g/mol. The zero-order valence-corrected chi connectivity index (χ0v) is 9.49. The van der Waals surface area contributed by atoms with Crippen LogP contribution in [0.1, 0.15) is 33.4 Å². The predicted octanol–water partition coefficient (Wildman–Crippen LogP) is 3.78. The van der Waals surface area contributed by atoms with E-state index in [1.807, 2.05) is 18.3 Å². The van der Waals surface area contributed by atoms with E-state index >= 15 is 0 Å². The Bertz CT molecular complexity index is 296. The summed E-state index contributed by atoms with van der Waals surface area (Å²) < 4.78 is 0. The molecule has 14 heavy (non-hydrogen) atoms. The molecule has 0 saturated heterocycles. The number of pyridine rings is 1. The van der Waals surface area contributed by atoms with Crippen LogP contribution < -0.4 is 0 Å². The molecule has 0 aliphatic carbocycles. The maximum atomic E-state index is 4.39. The minimum Gasteiger partial charge on any atom is -0.257 e. The first kappa shape index (κ1) is 11.0. The molecule has 0 N–H and O–H groups in total. The first-order chi connectivity index (χ1) is 6.61. The van der Waals surface area contributed by atoms with Gasteiger partial charge >= 0.3 is 0 Å². The molecular weight excluding hydrogens is 170 g/mol. The summed E-state index contributed by atoms with van der Waals surface area (Å²) in [4.78, 5) is 4.39. The van der Waals surface area contributed by atoms with Crippen LogP contribution in [0.25, 0.3) is 5.57 Å². The second-order valence-electron chi connectivity index (χ2n) is 4.24. The molecular formula is C13H19N. The van der Waals surface area contributed by atoms with Gasteiger partial charge < -0.3 is 0 Å². The van der Waals surface area contributed by atoms with Crippen LogP contribution in [0.4, 0.5) is 0 Å². The van der Waals surface area contributed by atoms with Crippen LogP contribution >= 0.6 is 0 Å². The molecule has 0 aliphatic rings. The zero-order valence-electron chi connectivity index (χ0n) is 9.49. The van der Waals surface area contributed by atoms with Crippen LogP contribution in [0.5, 0.6) is 0 Å². The summed E-state index contributed by atoms with van der Waals surface area (Å²) >= 11 is 0. The Morgan fingerprint density at radius 3 is 2.36 bits per heavy atom. The number of nitrogens with zero attached hydrogens (tertiary/aromatic N) is 1. The molecule has 0 spiro atoms. The van der Waals surface area contributed by atoms with Crippen molar-refractivity contribution in [3.63, 3.8) is 0 Å². The summed E-state index contributed by atoms with van der Waals surface area (Å²) in [5.41, 5.74) is 2.46. The van der Waals surface area contributed by atoms with Gasteiger partial charge in [-0.15, -0.1) is 0 Å². The van der Waals surface area contributed by atoms with Crippen LogP contribution in [-0.4, -0.2) is 4.98 Å². The summed E-state index contributed by atoms with van der Waals surface area (Å²) in [6, 6.07) is 6.07. The van der Waals surface area contributed by atoms with Crippen LogP contribution in [0, 0.1) is 11.8 Å². The molecule has 0 saturated carbocycles. The molecule has 0 aromatic carbocycles. The molecule has 0 fully saturated rings. The highest BCUT2D eigenvalue weighted by Crippen LogP contribution is 2.22. The summed E-state index contributed by atoms with van der Waals surface area (Å²) in [6.45, 7) is 8.82. The lowest BCUT2D eigenvalue weighted by Gasteiger charge is -2.12. The first-order valence-corrected chi connectivity index (χ1v) is 5.24. The standard InChI is InChI=1S/C13H19N/c1-10(2)9-12(11(3)4)13-7-5-6-8-14-13/h5-11H,1-4H3/b12-9+. The fraction of sp³-hybridized carbons (Fsp3) is 0.462. The van der Waals surface area contributed by atoms with Crippen molar-refractivity contribution in [2.24, 2.45) is 11.8 Å². The van der Waals surface area contributed by atoms with E-state index in [2.05, 4.69) is 44.8 Å². The molecule has 0 amide bonds. The zero-order chi connectivity index (χ0) is 10.6. The van der Waals surface area contributed by atoms with E-state index in [9.17, 15) is 0 Å². The van der Waals surface area contributed by atoms with Crippen LogP contribution in [0.15, 0.2) is 30.5 Å². The van der Waals surface area contributed by atoms with Gasteiger partial charge in [-0.05, 0) is 29.5 Å². The Hall–Kier alpha value is -1.11. The highest BCUT2D eigenvalue weighted by atomic mass is 14.7. The number of hydrogen-bond donors (Lipinski definition) is 0. The van der Waals surface area contributed by atoms with Crippen molar-refractivity contribution in [1.82, 2.24) is 4.98 Å². The largest absolute Gasteiger partial charge is 0.257 e. The van der Waals surface area contributed by atoms with Gasteiger partial charge in [-0.1, -0.05) is 39.8 Å². The monoisotopic (exact) mass is 189 g/mol. The minimum absolute atomic E-state index is 0.535. The number of rotatable bonds is 3. The van der Waals surface area contributed by atoms with Gasteiger partial charge in [0.1, 0.15) is 0 Å².